The fourth-order valence-electron chi connectivity index (χ4n) is 2.28. The Morgan fingerprint density at radius 2 is 2.45 bits per heavy atom. The second kappa shape index (κ2) is 6.78. The lowest BCUT2D eigenvalue weighted by Crippen LogP contribution is -2.28. The van der Waals surface area contributed by atoms with E-state index in [2.05, 4.69) is 10.2 Å². The van der Waals surface area contributed by atoms with Gasteiger partial charge in [0, 0.05) is 20.2 Å². The van der Waals surface area contributed by atoms with Gasteiger partial charge in [-0.2, -0.15) is 5.10 Å². The molecule has 112 valence electrons. The molecule has 1 atom stereocenters. The molecule has 1 N–H and O–H groups in total. The first-order chi connectivity index (χ1) is 9.58. The smallest absolute Gasteiger partial charge is 0.279 e. The summed E-state index contributed by atoms with van der Waals surface area (Å²) in [6.45, 7) is 1.39. The Balaban J connectivity index is 1.78. The third-order valence-corrected chi connectivity index (χ3v) is 3.44. The first kappa shape index (κ1) is 14.9. The van der Waals surface area contributed by atoms with E-state index in [0.29, 0.717) is 12.6 Å². The van der Waals surface area contributed by atoms with E-state index >= 15 is 0 Å². The largest absolute Gasteiger partial charge is 0.378 e. The second-order valence-corrected chi connectivity index (χ2v) is 5.01. The molecule has 1 fully saturated rings. The zero-order valence-electron chi connectivity index (χ0n) is 11.4. The molecule has 2 heterocycles. The van der Waals surface area contributed by atoms with Crippen LogP contribution in [0.25, 0.3) is 0 Å². The molecule has 1 aliphatic heterocycles. The van der Waals surface area contributed by atoms with Gasteiger partial charge in [-0.25, -0.2) is 8.78 Å². The number of carbonyl (C=O) groups is 1. The number of aromatic amines is 1. The molecule has 7 heteroatoms. The zero-order chi connectivity index (χ0) is 14.5. The fraction of sp³-hybridized carbons (Fsp3) is 0.692. The van der Waals surface area contributed by atoms with Crippen molar-refractivity contribution in [3.8, 4) is 0 Å². The number of halogens is 2. The number of nitrogens with one attached hydrogen (secondary N) is 1. The molecule has 0 saturated carbocycles. The van der Waals surface area contributed by atoms with Crippen molar-refractivity contribution in [3.05, 3.63) is 17.5 Å². The molecule has 1 aliphatic rings. The van der Waals surface area contributed by atoms with Crippen molar-refractivity contribution in [2.24, 2.45) is 0 Å². The molecule has 5 nitrogen and oxygen atoms in total. The van der Waals surface area contributed by atoms with Crippen LogP contribution < -0.4 is 0 Å². The lowest BCUT2D eigenvalue weighted by molar-refractivity contribution is 0.0758. The summed E-state index contributed by atoms with van der Waals surface area (Å²) in [5.74, 6) is -0.347. The highest BCUT2D eigenvalue weighted by atomic mass is 19.3. The monoisotopic (exact) mass is 287 g/mol. The number of alkyl halides is 2. The number of aromatic nitrogens is 2. The Morgan fingerprint density at radius 1 is 1.65 bits per heavy atom. The molecule has 0 aliphatic carbocycles. The number of amides is 1. The minimum Gasteiger partial charge on any atom is -0.378 e. The number of hydrogen-bond acceptors (Lipinski definition) is 3. The van der Waals surface area contributed by atoms with Gasteiger partial charge in [0.2, 0.25) is 0 Å². The third kappa shape index (κ3) is 3.75. The number of carbonyl (C=O) groups excluding carboxylic acids is 1. The molecule has 0 unspecified atom stereocenters. The van der Waals surface area contributed by atoms with Crippen LogP contribution in [-0.2, 0) is 4.74 Å². The van der Waals surface area contributed by atoms with Crippen LogP contribution in [0.1, 0.15) is 48.3 Å². The van der Waals surface area contributed by atoms with Crippen molar-refractivity contribution in [2.45, 2.75) is 38.2 Å². The van der Waals surface area contributed by atoms with Crippen LogP contribution in [0.15, 0.2) is 6.07 Å². The maximum atomic E-state index is 12.4. The molecule has 1 saturated heterocycles. The summed E-state index contributed by atoms with van der Waals surface area (Å²) < 4.78 is 30.3. The highest BCUT2D eigenvalue weighted by Gasteiger charge is 2.19. The number of ether oxygens (including phenoxy) is 1. The first-order valence-electron chi connectivity index (χ1n) is 6.78. The van der Waals surface area contributed by atoms with E-state index in [4.69, 9.17) is 4.74 Å². The first-order valence-corrected chi connectivity index (χ1v) is 6.78. The maximum absolute atomic E-state index is 12.4. The number of rotatable bonds is 6. The minimum atomic E-state index is -2.64. The van der Waals surface area contributed by atoms with Gasteiger partial charge in [0.05, 0.1) is 6.10 Å². The van der Waals surface area contributed by atoms with Gasteiger partial charge in [-0.3, -0.25) is 9.89 Å². The average Bonchev–Trinajstić information content (AvgIpc) is 3.08. The number of H-pyrrole nitrogens is 1. The highest BCUT2D eigenvalue weighted by molar-refractivity contribution is 5.92. The molecule has 0 spiro atoms. The van der Waals surface area contributed by atoms with Crippen molar-refractivity contribution < 1.29 is 18.3 Å². The van der Waals surface area contributed by atoms with Crippen molar-refractivity contribution in [1.29, 1.82) is 0 Å². The summed E-state index contributed by atoms with van der Waals surface area (Å²) >= 11 is 0. The van der Waals surface area contributed by atoms with Crippen LogP contribution in [0.3, 0.4) is 0 Å². The number of nitrogens with zero attached hydrogens (tertiary/aromatic N) is 2. The molecular formula is C13H19F2N3O2. The quantitative estimate of drug-likeness (QED) is 0.874. The maximum Gasteiger partial charge on any atom is 0.279 e. The lowest BCUT2D eigenvalue weighted by atomic mass is 10.1. The SMILES string of the molecule is CN(CCC[C@H]1CCCO1)C(=O)c1cc(C(F)F)[nH]n1. The van der Waals surface area contributed by atoms with Gasteiger partial charge < -0.3 is 9.64 Å². The molecule has 1 aromatic heterocycles. The van der Waals surface area contributed by atoms with Gasteiger partial charge in [0.15, 0.2) is 5.69 Å². The molecule has 0 radical (unpaired) electrons. The fourth-order valence-corrected chi connectivity index (χ4v) is 2.28. The summed E-state index contributed by atoms with van der Waals surface area (Å²) in [5.41, 5.74) is -0.305. The van der Waals surface area contributed by atoms with E-state index < -0.39 is 6.43 Å². The van der Waals surface area contributed by atoms with E-state index in [9.17, 15) is 13.6 Å². The normalized spacial score (nSPS) is 18.7. The molecular weight excluding hydrogens is 268 g/mol. The summed E-state index contributed by atoms with van der Waals surface area (Å²) in [6, 6.07) is 1.10. The minimum absolute atomic E-state index is 0.0277. The predicted octanol–water partition coefficient (Wildman–Crippen LogP) is 2.38. The molecule has 2 rings (SSSR count). The van der Waals surface area contributed by atoms with Crippen molar-refractivity contribution >= 4 is 5.91 Å². The molecule has 0 aromatic carbocycles. The van der Waals surface area contributed by atoms with Crippen molar-refractivity contribution in [1.82, 2.24) is 15.1 Å². The van der Waals surface area contributed by atoms with Crippen LogP contribution in [-0.4, -0.2) is 47.3 Å². The molecule has 0 bridgehead atoms. The summed E-state index contributed by atoms with van der Waals surface area (Å²) in [6.07, 6.45) is 1.58. The zero-order valence-corrected chi connectivity index (χ0v) is 11.4. The van der Waals surface area contributed by atoms with Gasteiger partial charge in [-0.05, 0) is 31.7 Å². The highest BCUT2D eigenvalue weighted by Crippen LogP contribution is 2.18. The molecule has 1 aromatic rings. The van der Waals surface area contributed by atoms with Crippen LogP contribution in [0.4, 0.5) is 8.78 Å². The van der Waals surface area contributed by atoms with E-state index in [-0.39, 0.29) is 17.3 Å². The second-order valence-electron chi connectivity index (χ2n) is 5.01. The summed E-state index contributed by atoms with van der Waals surface area (Å²) in [4.78, 5) is 13.5. The van der Waals surface area contributed by atoms with E-state index in [0.717, 1.165) is 38.4 Å². The number of hydrogen-bond donors (Lipinski definition) is 1. The Hall–Kier alpha value is -1.50. The van der Waals surface area contributed by atoms with Crippen LogP contribution in [0, 0.1) is 0 Å². The van der Waals surface area contributed by atoms with Crippen LogP contribution >= 0.6 is 0 Å². The Labute approximate surface area is 116 Å². The van der Waals surface area contributed by atoms with Gasteiger partial charge >= 0.3 is 0 Å². The van der Waals surface area contributed by atoms with Crippen molar-refractivity contribution in [2.75, 3.05) is 20.2 Å². The Bertz CT molecular complexity index is 445. The summed E-state index contributed by atoms with van der Waals surface area (Å²) in [7, 11) is 1.65. The topological polar surface area (TPSA) is 58.2 Å². The van der Waals surface area contributed by atoms with Gasteiger partial charge in [-0.1, -0.05) is 0 Å². The molecule has 1 amide bonds. The standard InChI is InChI=1S/C13H19F2N3O2/c1-18(6-2-4-9-5-3-7-20-9)13(19)11-8-10(12(14)15)16-17-11/h8-9,12H,2-7H2,1H3,(H,16,17)/t9-/m0/s1. The van der Waals surface area contributed by atoms with Gasteiger partial charge in [0.25, 0.3) is 12.3 Å². The Morgan fingerprint density at radius 3 is 3.05 bits per heavy atom. The van der Waals surface area contributed by atoms with Gasteiger partial charge in [0.1, 0.15) is 5.69 Å². The van der Waals surface area contributed by atoms with E-state index in [1.54, 1.807) is 7.05 Å². The predicted molar refractivity (Wildman–Crippen MR) is 68.7 cm³/mol. The van der Waals surface area contributed by atoms with Crippen LogP contribution in [0.5, 0.6) is 0 Å². The third-order valence-electron chi connectivity index (χ3n) is 3.44. The lowest BCUT2D eigenvalue weighted by Gasteiger charge is -2.17. The average molecular weight is 287 g/mol. The Kier molecular flexibility index (Phi) is 5.05. The van der Waals surface area contributed by atoms with Crippen LogP contribution in [0.2, 0.25) is 0 Å². The van der Waals surface area contributed by atoms with Gasteiger partial charge in [-0.15, -0.1) is 0 Å². The van der Waals surface area contributed by atoms with Crippen molar-refractivity contribution in [3.63, 3.8) is 0 Å². The van der Waals surface area contributed by atoms with E-state index in [1.165, 1.54) is 4.90 Å². The molecule has 20 heavy (non-hydrogen) atoms. The van der Waals surface area contributed by atoms with E-state index in [1.807, 2.05) is 0 Å². The summed E-state index contributed by atoms with van der Waals surface area (Å²) in [5, 5.41) is 5.80.